The highest BCUT2D eigenvalue weighted by Crippen LogP contribution is 2.32. The van der Waals surface area contributed by atoms with Crippen LogP contribution in [0.5, 0.6) is 17.2 Å². The zero-order valence-corrected chi connectivity index (χ0v) is 12.4. The average Bonchev–Trinajstić information content (AvgIpc) is 2.43. The zero-order chi connectivity index (χ0) is 14.5. The topological polar surface area (TPSA) is 44.5 Å². The van der Waals surface area contributed by atoms with Crippen molar-refractivity contribution in [2.45, 2.75) is 19.9 Å². The fourth-order valence-electron chi connectivity index (χ4n) is 1.78. The molecule has 2 N–H and O–H groups in total. The van der Waals surface area contributed by atoms with Crippen LogP contribution in [-0.2, 0) is 0 Å². The highest BCUT2D eigenvalue weighted by molar-refractivity contribution is 6.32. The van der Waals surface area contributed by atoms with Crippen LogP contribution in [0.15, 0.2) is 42.5 Å². The van der Waals surface area contributed by atoms with Gasteiger partial charge in [0, 0.05) is 6.04 Å². The Hall–Kier alpha value is -1.71. The minimum atomic E-state index is -0.0490. The Bertz CT molecular complexity index is 567. The maximum Gasteiger partial charge on any atom is 0.146 e. The molecule has 2 aromatic carbocycles. The van der Waals surface area contributed by atoms with Gasteiger partial charge in [-0.05, 0) is 55.8 Å². The van der Waals surface area contributed by atoms with Crippen molar-refractivity contribution in [3.8, 4) is 17.2 Å². The summed E-state index contributed by atoms with van der Waals surface area (Å²) in [5.41, 5.74) is 6.80. The lowest BCUT2D eigenvalue weighted by Crippen LogP contribution is -2.04. The quantitative estimate of drug-likeness (QED) is 0.879. The van der Waals surface area contributed by atoms with E-state index in [0.29, 0.717) is 23.1 Å². The third kappa shape index (κ3) is 3.65. The van der Waals surface area contributed by atoms with E-state index in [2.05, 4.69) is 0 Å². The molecule has 20 heavy (non-hydrogen) atoms. The third-order valence-electron chi connectivity index (χ3n) is 2.84. The van der Waals surface area contributed by atoms with Gasteiger partial charge in [-0.25, -0.2) is 0 Å². The second-order valence-corrected chi connectivity index (χ2v) is 4.89. The molecule has 0 aliphatic rings. The van der Waals surface area contributed by atoms with Gasteiger partial charge in [-0.1, -0.05) is 17.7 Å². The Morgan fingerprint density at radius 2 is 1.75 bits per heavy atom. The lowest BCUT2D eigenvalue weighted by atomic mass is 10.1. The highest BCUT2D eigenvalue weighted by Gasteiger charge is 2.07. The van der Waals surface area contributed by atoms with Crippen molar-refractivity contribution in [1.29, 1.82) is 0 Å². The molecule has 0 aliphatic heterocycles. The van der Waals surface area contributed by atoms with Gasteiger partial charge in [-0.2, -0.15) is 0 Å². The summed E-state index contributed by atoms with van der Waals surface area (Å²) in [6.45, 7) is 4.51. The fraction of sp³-hybridized carbons (Fsp3) is 0.250. The fourth-order valence-corrected chi connectivity index (χ4v) is 2.01. The van der Waals surface area contributed by atoms with E-state index in [0.717, 1.165) is 11.3 Å². The summed E-state index contributed by atoms with van der Waals surface area (Å²) in [5.74, 6) is 2.14. The first-order valence-corrected chi connectivity index (χ1v) is 6.93. The molecule has 0 aliphatic carbocycles. The highest BCUT2D eigenvalue weighted by atomic mass is 35.5. The molecule has 0 amide bonds. The third-order valence-corrected chi connectivity index (χ3v) is 3.14. The largest absolute Gasteiger partial charge is 0.494 e. The van der Waals surface area contributed by atoms with Crippen molar-refractivity contribution < 1.29 is 9.47 Å². The summed E-state index contributed by atoms with van der Waals surface area (Å²) in [5, 5.41) is 0.550. The van der Waals surface area contributed by atoms with E-state index < -0.39 is 0 Å². The van der Waals surface area contributed by atoms with Crippen LogP contribution in [0.3, 0.4) is 0 Å². The van der Waals surface area contributed by atoms with Gasteiger partial charge in [-0.3, -0.25) is 0 Å². The monoisotopic (exact) mass is 291 g/mol. The van der Waals surface area contributed by atoms with E-state index in [1.807, 2.05) is 56.3 Å². The molecule has 0 saturated heterocycles. The zero-order valence-electron chi connectivity index (χ0n) is 11.6. The average molecular weight is 292 g/mol. The number of nitrogens with two attached hydrogens (primary N) is 1. The van der Waals surface area contributed by atoms with Gasteiger partial charge in [0.25, 0.3) is 0 Å². The van der Waals surface area contributed by atoms with E-state index in [1.54, 1.807) is 0 Å². The van der Waals surface area contributed by atoms with Crippen LogP contribution in [0, 0.1) is 0 Å². The van der Waals surface area contributed by atoms with Crippen molar-refractivity contribution in [3.63, 3.8) is 0 Å². The van der Waals surface area contributed by atoms with Crippen LogP contribution in [-0.4, -0.2) is 6.61 Å². The Labute approximate surface area is 124 Å². The number of rotatable bonds is 5. The smallest absolute Gasteiger partial charge is 0.146 e. The summed E-state index contributed by atoms with van der Waals surface area (Å²) in [7, 11) is 0. The molecular weight excluding hydrogens is 274 g/mol. The van der Waals surface area contributed by atoms with Crippen LogP contribution in [0.4, 0.5) is 0 Å². The standard InChI is InChI=1S/C16H18ClNO2/c1-3-19-13-5-7-14(8-6-13)20-16-9-4-12(11(2)18)10-15(16)17/h4-11H,3,18H2,1-2H3/t11-/m1/s1. The molecular formula is C16H18ClNO2. The van der Waals surface area contributed by atoms with Crippen LogP contribution in [0.25, 0.3) is 0 Å². The first-order valence-electron chi connectivity index (χ1n) is 6.56. The molecule has 0 spiro atoms. The first-order chi connectivity index (χ1) is 9.60. The van der Waals surface area contributed by atoms with Crippen molar-refractivity contribution in [3.05, 3.63) is 53.1 Å². The van der Waals surface area contributed by atoms with E-state index in [9.17, 15) is 0 Å². The molecule has 2 aromatic rings. The molecule has 0 bridgehead atoms. The van der Waals surface area contributed by atoms with E-state index in [1.165, 1.54) is 0 Å². The summed E-state index contributed by atoms with van der Waals surface area (Å²) in [4.78, 5) is 0. The van der Waals surface area contributed by atoms with E-state index in [-0.39, 0.29) is 6.04 Å². The number of ether oxygens (including phenoxy) is 2. The van der Waals surface area contributed by atoms with Gasteiger partial charge in [0.05, 0.1) is 11.6 Å². The van der Waals surface area contributed by atoms with Gasteiger partial charge in [0.15, 0.2) is 0 Å². The van der Waals surface area contributed by atoms with Gasteiger partial charge in [0.2, 0.25) is 0 Å². The minimum Gasteiger partial charge on any atom is -0.494 e. The molecule has 0 aromatic heterocycles. The summed E-state index contributed by atoms with van der Waals surface area (Å²) in [6.07, 6.45) is 0. The summed E-state index contributed by atoms with van der Waals surface area (Å²) < 4.78 is 11.1. The van der Waals surface area contributed by atoms with Gasteiger partial charge in [-0.15, -0.1) is 0 Å². The second-order valence-electron chi connectivity index (χ2n) is 4.49. The van der Waals surface area contributed by atoms with Crippen molar-refractivity contribution in [2.75, 3.05) is 6.61 Å². The Balaban J connectivity index is 2.13. The molecule has 0 saturated carbocycles. The second kappa shape index (κ2) is 6.64. The lowest BCUT2D eigenvalue weighted by Gasteiger charge is -2.11. The van der Waals surface area contributed by atoms with Crippen molar-refractivity contribution in [2.24, 2.45) is 5.73 Å². The molecule has 106 valence electrons. The Morgan fingerprint density at radius 1 is 1.10 bits per heavy atom. The number of benzene rings is 2. The molecule has 4 heteroatoms. The number of hydrogen-bond acceptors (Lipinski definition) is 3. The summed E-state index contributed by atoms with van der Waals surface area (Å²) >= 11 is 6.20. The lowest BCUT2D eigenvalue weighted by molar-refractivity contribution is 0.339. The van der Waals surface area contributed by atoms with Crippen molar-refractivity contribution in [1.82, 2.24) is 0 Å². The maximum absolute atomic E-state index is 6.20. The molecule has 2 rings (SSSR count). The Morgan fingerprint density at radius 3 is 2.30 bits per heavy atom. The normalized spacial score (nSPS) is 12.0. The number of halogens is 1. The molecule has 0 fully saturated rings. The van der Waals surface area contributed by atoms with Gasteiger partial charge < -0.3 is 15.2 Å². The first kappa shape index (κ1) is 14.7. The molecule has 3 nitrogen and oxygen atoms in total. The predicted octanol–water partition coefficient (Wildman–Crippen LogP) is 4.55. The molecule has 0 heterocycles. The van der Waals surface area contributed by atoms with Crippen molar-refractivity contribution >= 4 is 11.6 Å². The van der Waals surface area contributed by atoms with Crippen LogP contribution in [0.2, 0.25) is 5.02 Å². The summed E-state index contributed by atoms with van der Waals surface area (Å²) in [6, 6.07) is 13.0. The SMILES string of the molecule is CCOc1ccc(Oc2ccc([C@@H](C)N)cc2Cl)cc1. The van der Waals surface area contributed by atoms with E-state index >= 15 is 0 Å². The maximum atomic E-state index is 6.20. The van der Waals surface area contributed by atoms with E-state index in [4.69, 9.17) is 26.8 Å². The van der Waals surface area contributed by atoms with Crippen LogP contribution < -0.4 is 15.2 Å². The molecule has 0 unspecified atom stereocenters. The predicted molar refractivity (Wildman–Crippen MR) is 81.7 cm³/mol. The van der Waals surface area contributed by atoms with Gasteiger partial charge in [0.1, 0.15) is 17.2 Å². The number of hydrogen-bond donors (Lipinski definition) is 1. The van der Waals surface area contributed by atoms with Crippen LogP contribution in [0.1, 0.15) is 25.5 Å². The van der Waals surface area contributed by atoms with Gasteiger partial charge >= 0.3 is 0 Å². The van der Waals surface area contributed by atoms with Crippen LogP contribution >= 0.6 is 11.6 Å². The minimum absolute atomic E-state index is 0.0490. The Kier molecular flexibility index (Phi) is 4.88. The molecule has 0 radical (unpaired) electrons. The molecule has 1 atom stereocenters.